The van der Waals surface area contributed by atoms with Crippen molar-refractivity contribution in [3.63, 3.8) is 0 Å². The number of nitrogens with zero attached hydrogens (tertiary/aromatic N) is 3. The number of amides is 4. The van der Waals surface area contributed by atoms with E-state index in [1.165, 1.54) is 16.0 Å². The molecule has 1 aromatic carbocycles. The van der Waals surface area contributed by atoms with Crippen LogP contribution in [0.2, 0.25) is 0 Å². The van der Waals surface area contributed by atoms with Crippen LogP contribution in [-0.4, -0.2) is 77.9 Å². The summed E-state index contributed by atoms with van der Waals surface area (Å²) < 4.78 is 0. The molecule has 2 atom stereocenters. The van der Waals surface area contributed by atoms with E-state index < -0.39 is 6.04 Å². The molecule has 0 aromatic heterocycles. The zero-order chi connectivity index (χ0) is 18.8. The van der Waals surface area contributed by atoms with Gasteiger partial charge in [0.2, 0.25) is 11.8 Å². The van der Waals surface area contributed by atoms with Crippen molar-refractivity contribution in [1.82, 2.24) is 20.0 Å². The van der Waals surface area contributed by atoms with Gasteiger partial charge in [0.15, 0.2) is 0 Å². The third-order valence-electron chi connectivity index (χ3n) is 5.14. The largest absolute Gasteiger partial charge is 0.354 e. The lowest BCUT2D eigenvalue weighted by Crippen LogP contribution is -2.58. The Labute approximate surface area is 153 Å². The van der Waals surface area contributed by atoms with Crippen LogP contribution >= 0.6 is 0 Å². The number of hydrogen-bond donors (Lipinski definition) is 1. The molecule has 7 nitrogen and oxygen atoms in total. The number of aryl methyl sites for hydroxylation is 1. The van der Waals surface area contributed by atoms with Crippen LogP contribution in [0.15, 0.2) is 24.3 Å². The maximum Gasteiger partial charge on any atom is 0.321 e. The van der Waals surface area contributed by atoms with E-state index in [1.807, 2.05) is 6.92 Å². The number of nitrogens with one attached hydrogen (secondary N) is 1. The minimum atomic E-state index is -0.471. The maximum atomic E-state index is 12.6. The van der Waals surface area contributed by atoms with Gasteiger partial charge in [0, 0.05) is 26.7 Å². The van der Waals surface area contributed by atoms with E-state index in [1.54, 1.807) is 23.8 Å². The van der Waals surface area contributed by atoms with E-state index in [0.29, 0.717) is 19.6 Å². The van der Waals surface area contributed by atoms with Crippen LogP contribution in [0.4, 0.5) is 4.79 Å². The van der Waals surface area contributed by atoms with Crippen molar-refractivity contribution in [1.29, 1.82) is 0 Å². The van der Waals surface area contributed by atoms with Gasteiger partial charge in [-0.25, -0.2) is 4.79 Å². The second-order valence-electron chi connectivity index (χ2n) is 7.20. The Bertz CT molecular complexity index is 703. The Morgan fingerprint density at radius 3 is 2.58 bits per heavy atom. The van der Waals surface area contributed by atoms with Crippen molar-refractivity contribution in [3.8, 4) is 0 Å². The summed E-state index contributed by atoms with van der Waals surface area (Å²) in [6.45, 7) is 5.35. The second-order valence-corrected chi connectivity index (χ2v) is 7.20. The normalized spacial score (nSPS) is 22.7. The number of likely N-dealkylation sites (N-methyl/N-ethyl adjacent to an activating group) is 1. The fraction of sp³-hybridized carbons (Fsp3) is 0.526. The van der Waals surface area contributed by atoms with Gasteiger partial charge in [0.05, 0.1) is 6.04 Å². The SMILES string of the molecule is Cc1ccc(CCNC(=O)CN2C[C@@H]3CN(C)C(=O)[C@H](C)N3C2=O)cc1. The number of piperazine rings is 1. The number of fused-ring (bicyclic) bond motifs is 1. The van der Waals surface area contributed by atoms with Crippen LogP contribution in [-0.2, 0) is 16.0 Å². The van der Waals surface area contributed by atoms with Crippen molar-refractivity contribution >= 4 is 17.8 Å². The van der Waals surface area contributed by atoms with Crippen LogP contribution in [0.25, 0.3) is 0 Å². The smallest absolute Gasteiger partial charge is 0.321 e. The summed E-state index contributed by atoms with van der Waals surface area (Å²) in [6, 6.07) is 7.47. The van der Waals surface area contributed by atoms with Crippen molar-refractivity contribution < 1.29 is 14.4 Å². The summed E-state index contributed by atoms with van der Waals surface area (Å²) >= 11 is 0. The van der Waals surface area contributed by atoms with Crippen LogP contribution < -0.4 is 5.32 Å². The van der Waals surface area contributed by atoms with Crippen molar-refractivity contribution in [2.75, 3.05) is 33.2 Å². The van der Waals surface area contributed by atoms with Gasteiger partial charge in [0.25, 0.3) is 0 Å². The van der Waals surface area contributed by atoms with E-state index in [9.17, 15) is 14.4 Å². The first-order chi connectivity index (χ1) is 12.4. The molecule has 0 spiro atoms. The van der Waals surface area contributed by atoms with Gasteiger partial charge >= 0.3 is 6.03 Å². The van der Waals surface area contributed by atoms with E-state index in [2.05, 4.69) is 29.6 Å². The first-order valence-electron chi connectivity index (χ1n) is 9.01. The molecule has 3 rings (SSSR count). The summed E-state index contributed by atoms with van der Waals surface area (Å²) in [6.07, 6.45) is 0.755. The van der Waals surface area contributed by atoms with Crippen LogP contribution in [0.1, 0.15) is 18.1 Å². The Kier molecular flexibility index (Phi) is 5.15. The molecular weight excluding hydrogens is 332 g/mol. The fourth-order valence-corrected chi connectivity index (χ4v) is 3.67. The number of carbonyl (C=O) groups is 3. The number of rotatable bonds is 5. The zero-order valence-electron chi connectivity index (χ0n) is 15.6. The number of urea groups is 1. The highest BCUT2D eigenvalue weighted by Crippen LogP contribution is 2.24. The Hall–Kier alpha value is -2.57. The minimum absolute atomic E-state index is 0.0321. The average Bonchev–Trinajstić information content (AvgIpc) is 2.90. The van der Waals surface area contributed by atoms with Crippen molar-refractivity contribution in [2.45, 2.75) is 32.4 Å². The molecule has 2 heterocycles. The Balaban J connectivity index is 1.49. The van der Waals surface area contributed by atoms with Gasteiger partial charge in [-0.2, -0.15) is 0 Å². The molecule has 7 heteroatoms. The van der Waals surface area contributed by atoms with Gasteiger partial charge in [0.1, 0.15) is 12.6 Å². The molecule has 2 saturated heterocycles. The highest BCUT2D eigenvalue weighted by atomic mass is 16.2. The predicted octanol–water partition coefficient (Wildman–Crippen LogP) is 0.620. The molecular formula is C19H26N4O3. The Morgan fingerprint density at radius 1 is 1.19 bits per heavy atom. The predicted molar refractivity (Wildman–Crippen MR) is 97.6 cm³/mol. The van der Waals surface area contributed by atoms with Gasteiger partial charge < -0.3 is 20.0 Å². The highest BCUT2D eigenvalue weighted by Gasteiger charge is 2.47. The van der Waals surface area contributed by atoms with E-state index in [-0.39, 0.29) is 30.4 Å². The molecule has 140 valence electrons. The summed E-state index contributed by atoms with van der Waals surface area (Å²) in [5.74, 6) is -0.225. The number of carbonyl (C=O) groups excluding carboxylic acids is 3. The summed E-state index contributed by atoms with van der Waals surface area (Å²) in [7, 11) is 1.75. The van der Waals surface area contributed by atoms with Gasteiger partial charge in [-0.05, 0) is 25.8 Å². The molecule has 0 unspecified atom stereocenters. The van der Waals surface area contributed by atoms with Gasteiger partial charge in [-0.3, -0.25) is 9.59 Å². The molecule has 2 aliphatic heterocycles. The summed E-state index contributed by atoms with van der Waals surface area (Å²) in [5, 5.41) is 2.87. The monoisotopic (exact) mass is 358 g/mol. The number of hydrogen-bond acceptors (Lipinski definition) is 3. The molecule has 4 amide bonds. The van der Waals surface area contributed by atoms with E-state index in [0.717, 1.165) is 6.42 Å². The van der Waals surface area contributed by atoms with Gasteiger partial charge in [-0.15, -0.1) is 0 Å². The molecule has 1 aromatic rings. The maximum absolute atomic E-state index is 12.6. The third kappa shape index (κ3) is 3.66. The molecule has 0 aliphatic carbocycles. The van der Waals surface area contributed by atoms with Crippen LogP contribution in [0.3, 0.4) is 0 Å². The molecule has 2 fully saturated rings. The minimum Gasteiger partial charge on any atom is -0.354 e. The van der Waals surface area contributed by atoms with Crippen molar-refractivity contribution in [2.24, 2.45) is 0 Å². The lowest BCUT2D eigenvalue weighted by molar-refractivity contribution is -0.139. The van der Waals surface area contributed by atoms with Gasteiger partial charge in [-0.1, -0.05) is 29.8 Å². The second kappa shape index (κ2) is 7.35. The number of benzene rings is 1. The Morgan fingerprint density at radius 2 is 1.88 bits per heavy atom. The fourth-order valence-electron chi connectivity index (χ4n) is 3.67. The molecule has 26 heavy (non-hydrogen) atoms. The first kappa shape index (κ1) is 18.2. The highest BCUT2D eigenvalue weighted by molar-refractivity contribution is 5.91. The summed E-state index contributed by atoms with van der Waals surface area (Å²) in [4.78, 5) is 41.7. The average molecular weight is 358 g/mol. The van der Waals surface area contributed by atoms with Crippen LogP contribution in [0.5, 0.6) is 0 Å². The third-order valence-corrected chi connectivity index (χ3v) is 5.14. The molecule has 0 radical (unpaired) electrons. The molecule has 0 bridgehead atoms. The molecule has 2 aliphatic rings. The van der Waals surface area contributed by atoms with E-state index in [4.69, 9.17) is 0 Å². The summed E-state index contributed by atoms with van der Waals surface area (Å²) in [5.41, 5.74) is 2.38. The van der Waals surface area contributed by atoms with Crippen molar-refractivity contribution in [3.05, 3.63) is 35.4 Å². The lowest BCUT2D eigenvalue weighted by atomic mass is 10.1. The lowest BCUT2D eigenvalue weighted by Gasteiger charge is -2.38. The van der Waals surface area contributed by atoms with Crippen LogP contribution in [0, 0.1) is 6.92 Å². The standard InChI is InChI=1S/C19H26N4O3/c1-13-4-6-15(7-5-13)8-9-20-17(24)12-22-11-16-10-21(3)18(25)14(2)23(16)19(22)26/h4-7,14,16H,8-12H2,1-3H3,(H,20,24)/t14-,16-/m0/s1. The topological polar surface area (TPSA) is 73.0 Å². The zero-order valence-corrected chi connectivity index (χ0v) is 15.6. The van der Waals surface area contributed by atoms with E-state index >= 15 is 0 Å². The molecule has 0 saturated carbocycles. The first-order valence-corrected chi connectivity index (χ1v) is 9.01. The molecule has 1 N–H and O–H groups in total. The quantitative estimate of drug-likeness (QED) is 0.839.